The molecular formula is C16H12BrNO2. The number of nitrogens with zero attached hydrogens (tertiary/aromatic N) is 1. The normalized spacial score (nSPS) is 13.8. The molecule has 0 aromatic heterocycles. The molecule has 0 unspecified atom stereocenters. The van der Waals surface area contributed by atoms with E-state index in [1.54, 1.807) is 12.1 Å². The number of rotatable bonds is 2. The number of hydrogen-bond donors (Lipinski definition) is 0. The minimum atomic E-state index is -0.222. The Morgan fingerprint density at radius 3 is 2.45 bits per heavy atom. The predicted molar refractivity (Wildman–Crippen MR) is 79.5 cm³/mol. The van der Waals surface area contributed by atoms with Crippen molar-refractivity contribution in [3.63, 3.8) is 0 Å². The molecule has 0 fully saturated rings. The van der Waals surface area contributed by atoms with Crippen LogP contribution in [0.15, 0.2) is 46.9 Å². The number of imide groups is 1. The zero-order chi connectivity index (χ0) is 14.3. The highest BCUT2D eigenvalue weighted by molar-refractivity contribution is 9.10. The summed E-state index contributed by atoms with van der Waals surface area (Å²) in [5.74, 6) is -0.440. The maximum absolute atomic E-state index is 12.4. The van der Waals surface area contributed by atoms with Gasteiger partial charge < -0.3 is 0 Å². The van der Waals surface area contributed by atoms with E-state index in [1.807, 2.05) is 37.3 Å². The van der Waals surface area contributed by atoms with Crippen LogP contribution in [-0.4, -0.2) is 16.7 Å². The van der Waals surface area contributed by atoms with Gasteiger partial charge in [-0.25, -0.2) is 0 Å². The highest BCUT2D eigenvalue weighted by atomic mass is 79.9. The summed E-state index contributed by atoms with van der Waals surface area (Å²) in [6, 6.07) is 12.9. The third kappa shape index (κ3) is 2.06. The third-order valence-electron chi connectivity index (χ3n) is 3.41. The van der Waals surface area contributed by atoms with Crippen molar-refractivity contribution < 1.29 is 9.59 Å². The minimum absolute atomic E-state index is 0.218. The van der Waals surface area contributed by atoms with Gasteiger partial charge >= 0.3 is 0 Å². The predicted octanol–water partition coefficient (Wildman–Crippen LogP) is 3.55. The van der Waals surface area contributed by atoms with Crippen molar-refractivity contribution in [1.82, 2.24) is 4.90 Å². The SMILES string of the molecule is Cc1ccc2c(c1)C(=O)N(Cc1ccccc1Br)C2=O. The third-order valence-corrected chi connectivity index (χ3v) is 4.19. The van der Waals surface area contributed by atoms with Crippen molar-refractivity contribution in [2.75, 3.05) is 0 Å². The first-order chi connectivity index (χ1) is 9.58. The highest BCUT2D eigenvalue weighted by Gasteiger charge is 2.35. The fraction of sp³-hybridized carbons (Fsp3) is 0.125. The largest absolute Gasteiger partial charge is 0.270 e. The maximum Gasteiger partial charge on any atom is 0.261 e. The molecule has 20 heavy (non-hydrogen) atoms. The van der Waals surface area contributed by atoms with Crippen molar-refractivity contribution in [3.05, 3.63) is 69.2 Å². The molecule has 0 aliphatic carbocycles. The quantitative estimate of drug-likeness (QED) is 0.790. The monoisotopic (exact) mass is 329 g/mol. The molecule has 4 heteroatoms. The average molecular weight is 330 g/mol. The maximum atomic E-state index is 12.4. The molecule has 100 valence electrons. The molecule has 0 radical (unpaired) electrons. The minimum Gasteiger partial charge on any atom is -0.270 e. The van der Waals surface area contributed by atoms with E-state index in [1.165, 1.54) is 4.90 Å². The fourth-order valence-electron chi connectivity index (χ4n) is 2.35. The first-order valence-corrected chi connectivity index (χ1v) is 7.07. The summed E-state index contributed by atoms with van der Waals surface area (Å²) in [6.07, 6.45) is 0. The van der Waals surface area contributed by atoms with Crippen LogP contribution in [0.2, 0.25) is 0 Å². The fourth-order valence-corrected chi connectivity index (χ4v) is 2.76. The topological polar surface area (TPSA) is 37.4 Å². The lowest BCUT2D eigenvalue weighted by molar-refractivity contribution is 0.0642. The highest BCUT2D eigenvalue weighted by Crippen LogP contribution is 2.27. The van der Waals surface area contributed by atoms with Crippen LogP contribution in [-0.2, 0) is 6.54 Å². The van der Waals surface area contributed by atoms with E-state index in [0.29, 0.717) is 11.1 Å². The second-order valence-corrected chi connectivity index (χ2v) is 5.69. The van der Waals surface area contributed by atoms with Gasteiger partial charge in [-0.1, -0.05) is 45.8 Å². The van der Waals surface area contributed by atoms with Gasteiger partial charge in [0.15, 0.2) is 0 Å². The number of carbonyl (C=O) groups excluding carboxylic acids is 2. The van der Waals surface area contributed by atoms with Crippen molar-refractivity contribution in [3.8, 4) is 0 Å². The lowest BCUT2D eigenvalue weighted by atomic mass is 10.1. The Balaban J connectivity index is 1.96. The summed E-state index contributed by atoms with van der Waals surface area (Å²) in [4.78, 5) is 26.0. The molecule has 0 saturated carbocycles. The molecule has 2 aromatic rings. The molecular weight excluding hydrogens is 318 g/mol. The van der Waals surface area contributed by atoms with Crippen LogP contribution >= 0.6 is 15.9 Å². The zero-order valence-corrected chi connectivity index (χ0v) is 12.5. The Morgan fingerprint density at radius 1 is 1.00 bits per heavy atom. The van der Waals surface area contributed by atoms with Gasteiger partial charge in [0.25, 0.3) is 11.8 Å². The van der Waals surface area contributed by atoms with Crippen LogP contribution in [0.1, 0.15) is 31.8 Å². The van der Waals surface area contributed by atoms with E-state index >= 15 is 0 Å². The Labute approximate surface area is 125 Å². The Bertz CT molecular complexity index is 724. The van der Waals surface area contributed by atoms with Crippen molar-refractivity contribution in [1.29, 1.82) is 0 Å². The summed E-state index contributed by atoms with van der Waals surface area (Å²) in [6.45, 7) is 2.20. The summed E-state index contributed by atoms with van der Waals surface area (Å²) < 4.78 is 0.896. The van der Waals surface area contributed by atoms with E-state index in [9.17, 15) is 9.59 Å². The lowest BCUT2D eigenvalue weighted by Gasteiger charge is -2.14. The standard InChI is InChI=1S/C16H12BrNO2/c1-10-6-7-12-13(8-10)16(20)18(15(12)19)9-11-4-2-3-5-14(11)17/h2-8H,9H2,1H3. The molecule has 0 atom stereocenters. The number of hydrogen-bond acceptors (Lipinski definition) is 2. The van der Waals surface area contributed by atoms with Crippen molar-refractivity contribution >= 4 is 27.7 Å². The Hall–Kier alpha value is -1.94. The van der Waals surface area contributed by atoms with Gasteiger partial charge in [0.1, 0.15) is 0 Å². The van der Waals surface area contributed by atoms with Crippen LogP contribution < -0.4 is 0 Å². The van der Waals surface area contributed by atoms with Crippen LogP contribution in [0.5, 0.6) is 0 Å². The second kappa shape index (κ2) is 4.87. The number of aryl methyl sites for hydroxylation is 1. The lowest BCUT2D eigenvalue weighted by Crippen LogP contribution is -2.29. The van der Waals surface area contributed by atoms with E-state index in [2.05, 4.69) is 15.9 Å². The second-order valence-electron chi connectivity index (χ2n) is 4.84. The van der Waals surface area contributed by atoms with E-state index in [4.69, 9.17) is 0 Å². The number of fused-ring (bicyclic) bond motifs is 1. The molecule has 0 spiro atoms. The van der Waals surface area contributed by atoms with Gasteiger partial charge in [-0.2, -0.15) is 0 Å². The molecule has 1 aliphatic rings. The first-order valence-electron chi connectivity index (χ1n) is 6.28. The van der Waals surface area contributed by atoms with Gasteiger partial charge in [-0.05, 0) is 30.7 Å². The van der Waals surface area contributed by atoms with Gasteiger partial charge in [-0.15, -0.1) is 0 Å². The van der Waals surface area contributed by atoms with Gasteiger partial charge in [-0.3, -0.25) is 14.5 Å². The molecule has 0 saturated heterocycles. The van der Waals surface area contributed by atoms with Crippen LogP contribution in [0.25, 0.3) is 0 Å². The average Bonchev–Trinajstić information content (AvgIpc) is 2.66. The molecule has 3 nitrogen and oxygen atoms in total. The van der Waals surface area contributed by atoms with E-state index in [-0.39, 0.29) is 18.4 Å². The van der Waals surface area contributed by atoms with Gasteiger partial charge in [0.2, 0.25) is 0 Å². The Kier molecular flexibility index (Phi) is 3.18. The molecule has 2 amide bonds. The van der Waals surface area contributed by atoms with Crippen LogP contribution in [0.3, 0.4) is 0 Å². The van der Waals surface area contributed by atoms with Crippen molar-refractivity contribution in [2.45, 2.75) is 13.5 Å². The summed E-state index contributed by atoms with van der Waals surface area (Å²) >= 11 is 3.44. The number of carbonyl (C=O) groups is 2. The van der Waals surface area contributed by atoms with E-state index < -0.39 is 0 Å². The number of halogens is 1. The van der Waals surface area contributed by atoms with Gasteiger partial charge in [0.05, 0.1) is 17.7 Å². The van der Waals surface area contributed by atoms with Crippen molar-refractivity contribution in [2.24, 2.45) is 0 Å². The Morgan fingerprint density at radius 2 is 1.70 bits per heavy atom. The molecule has 1 heterocycles. The molecule has 0 N–H and O–H groups in total. The summed E-state index contributed by atoms with van der Waals surface area (Å²) in [5, 5.41) is 0. The first kappa shape index (κ1) is 13.1. The van der Waals surface area contributed by atoms with Crippen LogP contribution in [0.4, 0.5) is 0 Å². The zero-order valence-electron chi connectivity index (χ0n) is 10.9. The molecule has 2 aromatic carbocycles. The summed E-state index contributed by atoms with van der Waals surface area (Å²) in [5.41, 5.74) is 2.89. The molecule has 3 rings (SSSR count). The number of amides is 2. The van der Waals surface area contributed by atoms with Crippen LogP contribution in [0, 0.1) is 6.92 Å². The van der Waals surface area contributed by atoms with E-state index in [0.717, 1.165) is 15.6 Å². The molecule has 0 bridgehead atoms. The van der Waals surface area contributed by atoms with Gasteiger partial charge in [0, 0.05) is 4.47 Å². The molecule has 1 aliphatic heterocycles. The summed E-state index contributed by atoms with van der Waals surface area (Å²) in [7, 11) is 0. The smallest absolute Gasteiger partial charge is 0.261 e. The number of benzene rings is 2.